The summed E-state index contributed by atoms with van der Waals surface area (Å²) in [5.74, 6) is -0.402. The lowest BCUT2D eigenvalue weighted by Gasteiger charge is -2.09. The highest BCUT2D eigenvalue weighted by molar-refractivity contribution is 5.93. The summed E-state index contributed by atoms with van der Waals surface area (Å²) in [4.78, 5) is 11.0. The normalized spacial score (nSPS) is 10.2. The van der Waals surface area contributed by atoms with E-state index in [0.29, 0.717) is 5.56 Å². The predicted octanol–water partition coefficient (Wildman–Crippen LogP) is 3.01. The van der Waals surface area contributed by atoms with Gasteiger partial charge in [-0.05, 0) is 43.7 Å². The fraction of sp³-hybridized carbons (Fsp3) is 0.188. The number of primary amides is 1. The van der Waals surface area contributed by atoms with Crippen LogP contribution in [0.4, 0.5) is 5.69 Å². The summed E-state index contributed by atoms with van der Waals surface area (Å²) in [5.41, 5.74) is 10.5. The third-order valence-electron chi connectivity index (χ3n) is 2.95. The van der Waals surface area contributed by atoms with Crippen molar-refractivity contribution < 1.29 is 4.79 Å². The van der Waals surface area contributed by atoms with E-state index in [-0.39, 0.29) is 0 Å². The van der Waals surface area contributed by atoms with Crippen molar-refractivity contribution in [1.82, 2.24) is 0 Å². The number of carbonyl (C=O) groups is 1. The summed E-state index contributed by atoms with van der Waals surface area (Å²) in [6.45, 7) is 4.95. The van der Waals surface area contributed by atoms with Gasteiger partial charge in [0.2, 0.25) is 5.91 Å². The van der Waals surface area contributed by atoms with E-state index in [1.54, 1.807) is 12.1 Å². The number of amides is 1. The van der Waals surface area contributed by atoms with E-state index in [2.05, 4.69) is 37.4 Å². The summed E-state index contributed by atoms with van der Waals surface area (Å²) in [6, 6.07) is 13.7. The number of hydrogen-bond acceptors (Lipinski definition) is 2. The largest absolute Gasteiger partial charge is 0.381 e. The lowest BCUT2D eigenvalue weighted by Crippen LogP contribution is -2.10. The predicted molar refractivity (Wildman–Crippen MR) is 78.2 cm³/mol. The Hall–Kier alpha value is -2.29. The molecule has 0 aliphatic carbocycles. The van der Waals surface area contributed by atoms with Crippen molar-refractivity contribution >= 4 is 11.6 Å². The Morgan fingerprint density at radius 1 is 1.05 bits per heavy atom. The average molecular weight is 254 g/mol. The van der Waals surface area contributed by atoms with Crippen LogP contribution in [0, 0.1) is 13.8 Å². The molecule has 98 valence electrons. The first-order chi connectivity index (χ1) is 9.04. The smallest absolute Gasteiger partial charge is 0.248 e. The topological polar surface area (TPSA) is 55.1 Å². The first kappa shape index (κ1) is 13.1. The van der Waals surface area contributed by atoms with Crippen LogP contribution in [-0.2, 0) is 6.54 Å². The third kappa shape index (κ3) is 3.58. The number of aryl methyl sites for hydroxylation is 2. The molecule has 0 bridgehead atoms. The molecule has 19 heavy (non-hydrogen) atoms. The maximum absolute atomic E-state index is 11.0. The summed E-state index contributed by atoms with van der Waals surface area (Å²) in [6.07, 6.45) is 0. The third-order valence-corrected chi connectivity index (χ3v) is 2.95. The van der Waals surface area contributed by atoms with Crippen LogP contribution >= 0.6 is 0 Å². The zero-order valence-corrected chi connectivity index (χ0v) is 11.2. The van der Waals surface area contributed by atoms with Gasteiger partial charge in [-0.25, -0.2) is 0 Å². The van der Waals surface area contributed by atoms with E-state index in [4.69, 9.17) is 5.73 Å². The van der Waals surface area contributed by atoms with Gasteiger partial charge in [0.05, 0.1) is 0 Å². The zero-order chi connectivity index (χ0) is 13.8. The molecule has 2 aromatic rings. The molecule has 0 aliphatic heterocycles. The second-order valence-corrected chi connectivity index (χ2v) is 4.79. The number of anilines is 1. The van der Waals surface area contributed by atoms with Crippen LogP contribution in [0.3, 0.4) is 0 Å². The Bertz CT molecular complexity index is 568. The van der Waals surface area contributed by atoms with Crippen LogP contribution in [0.1, 0.15) is 27.0 Å². The maximum Gasteiger partial charge on any atom is 0.248 e. The van der Waals surface area contributed by atoms with Gasteiger partial charge < -0.3 is 11.1 Å². The minimum atomic E-state index is -0.402. The van der Waals surface area contributed by atoms with Crippen LogP contribution < -0.4 is 11.1 Å². The number of nitrogens with one attached hydrogen (secondary N) is 1. The molecule has 2 rings (SSSR count). The van der Waals surface area contributed by atoms with Crippen LogP contribution in [0.15, 0.2) is 42.5 Å². The second kappa shape index (κ2) is 5.57. The van der Waals surface area contributed by atoms with Gasteiger partial charge >= 0.3 is 0 Å². The molecule has 0 aromatic heterocycles. The summed E-state index contributed by atoms with van der Waals surface area (Å²) in [5, 5.41) is 3.33. The van der Waals surface area contributed by atoms with Crippen LogP contribution in [0.5, 0.6) is 0 Å². The number of carbonyl (C=O) groups excluding carboxylic acids is 1. The van der Waals surface area contributed by atoms with Crippen molar-refractivity contribution in [2.24, 2.45) is 5.73 Å². The van der Waals surface area contributed by atoms with Gasteiger partial charge in [-0.15, -0.1) is 0 Å². The van der Waals surface area contributed by atoms with Crippen molar-refractivity contribution in [3.05, 3.63) is 64.7 Å². The van der Waals surface area contributed by atoms with Crippen molar-refractivity contribution in [2.45, 2.75) is 20.4 Å². The lowest BCUT2D eigenvalue weighted by atomic mass is 10.1. The molecule has 0 spiro atoms. The maximum atomic E-state index is 11.0. The molecule has 0 atom stereocenters. The van der Waals surface area contributed by atoms with Crippen molar-refractivity contribution in [1.29, 1.82) is 0 Å². The molecule has 0 fully saturated rings. The minimum absolute atomic E-state index is 0.402. The summed E-state index contributed by atoms with van der Waals surface area (Å²) in [7, 11) is 0. The number of hydrogen-bond donors (Lipinski definition) is 2. The highest BCUT2D eigenvalue weighted by atomic mass is 16.1. The first-order valence-corrected chi connectivity index (χ1v) is 6.25. The van der Waals surface area contributed by atoms with Gasteiger partial charge in [0.25, 0.3) is 0 Å². The molecule has 0 radical (unpaired) electrons. The highest BCUT2D eigenvalue weighted by Gasteiger charge is 2.00. The van der Waals surface area contributed by atoms with E-state index in [9.17, 15) is 4.79 Å². The molecule has 0 aliphatic rings. The van der Waals surface area contributed by atoms with Gasteiger partial charge in [-0.1, -0.05) is 29.3 Å². The standard InChI is InChI=1S/C16H18N2O/c1-11-7-12(2)9-13(8-11)10-18-15-5-3-14(4-6-15)16(17)19/h3-9,18H,10H2,1-2H3,(H2,17,19). The van der Waals surface area contributed by atoms with Gasteiger partial charge in [-0.3, -0.25) is 4.79 Å². The van der Waals surface area contributed by atoms with Crippen LogP contribution in [0.25, 0.3) is 0 Å². The fourth-order valence-corrected chi connectivity index (χ4v) is 2.13. The number of rotatable bonds is 4. The molecular weight excluding hydrogens is 236 g/mol. The monoisotopic (exact) mass is 254 g/mol. The van der Waals surface area contributed by atoms with Gasteiger partial charge in [0.15, 0.2) is 0 Å². The molecular formula is C16H18N2O. The number of nitrogens with two attached hydrogens (primary N) is 1. The molecule has 3 nitrogen and oxygen atoms in total. The Kier molecular flexibility index (Phi) is 3.85. The molecule has 0 heterocycles. The number of benzene rings is 2. The zero-order valence-electron chi connectivity index (χ0n) is 11.2. The Labute approximate surface area is 113 Å². The van der Waals surface area contributed by atoms with Crippen molar-refractivity contribution in [3.63, 3.8) is 0 Å². The summed E-state index contributed by atoms with van der Waals surface area (Å²) >= 11 is 0. The molecule has 3 N–H and O–H groups in total. The van der Waals surface area contributed by atoms with E-state index in [1.165, 1.54) is 16.7 Å². The fourth-order valence-electron chi connectivity index (χ4n) is 2.13. The molecule has 3 heteroatoms. The van der Waals surface area contributed by atoms with E-state index in [0.717, 1.165) is 12.2 Å². The lowest BCUT2D eigenvalue weighted by molar-refractivity contribution is 0.100. The Morgan fingerprint density at radius 2 is 1.63 bits per heavy atom. The van der Waals surface area contributed by atoms with Crippen LogP contribution in [0.2, 0.25) is 0 Å². The van der Waals surface area contributed by atoms with E-state index >= 15 is 0 Å². The summed E-state index contributed by atoms with van der Waals surface area (Å²) < 4.78 is 0. The van der Waals surface area contributed by atoms with Gasteiger partial charge in [0, 0.05) is 17.8 Å². The molecule has 2 aromatic carbocycles. The second-order valence-electron chi connectivity index (χ2n) is 4.79. The highest BCUT2D eigenvalue weighted by Crippen LogP contribution is 2.13. The van der Waals surface area contributed by atoms with Crippen molar-refractivity contribution in [3.8, 4) is 0 Å². The van der Waals surface area contributed by atoms with Crippen LogP contribution in [-0.4, -0.2) is 5.91 Å². The Balaban J connectivity index is 2.03. The van der Waals surface area contributed by atoms with E-state index < -0.39 is 5.91 Å². The van der Waals surface area contributed by atoms with Gasteiger partial charge in [-0.2, -0.15) is 0 Å². The quantitative estimate of drug-likeness (QED) is 0.881. The minimum Gasteiger partial charge on any atom is -0.381 e. The van der Waals surface area contributed by atoms with Crippen molar-refractivity contribution in [2.75, 3.05) is 5.32 Å². The molecule has 1 amide bonds. The average Bonchev–Trinajstić information content (AvgIpc) is 2.36. The van der Waals surface area contributed by atoms with Gasteiger partial charge in [0.1, 0.15) is 0 Å². The first-order valence-electron chi connectivity index (χ1n) is 6.25. The molecule has 0 unspecified atom stereocenters. The SMILES string of the molecule is Cc1cc(C)cc(CNc2ccc(C(N)=O)cc2)c1. The molecule has 0 saturated carbocycles. The molecule has 0 saturated heterocycles. The Morgan fingerprint density at radius 3 is 2.16 bits per heavy atom. The van der Waals surface area contributed by atoms with E-state index in [1.807, 2.05) is 12.1 Å².